The van der Waals surface area contributed by atoms with Gasteiger partial charge in [0.25, 0.3) is 5.91 Å². The Hall–Kier alpha value is -3.73. The van der Waals surface area contributed by atoms with Gasteiger partial charge in [-0.15, -0.1) is 0 Å². The highest BCUT2D eigenvalue weighted by Gasteiger charge is 2.24. The van der Waals surface area contributed by atoms with Gasteiger partial charge in [-0.05, 0) is 37.1 Å². The summed E-state index contributed by atoms with van der Waals surface area (Å²) in [5.74, 6) is -1.30. The van der Waals surface area contributed by atoms with Crippen LogP contribution in [-0.4, -0.2) is 30.3 Å². The molecule has 1 atom stereocenters. The van der Waals surface area contributed by atoms with Gasteiger partial charge < -0.3 is 10.1 Å². The van der Waals surface area contributed by atoms with E-state index < -0.39 is 12.0 Å². The van der Waals surface area contributed by atoms with Crippen molar-refractivity contribution in [3.8, 4) is 0 Å². The Labute approximate surface area is 182 Å². The fourth-order valence-electron chi connectivity index (χ4n) is 3.32. The highest BCUT2D eigenvalue weighted by molar-refractivity contribution is 6.00. The van der Waals surface area contributed by atoms with Crippen LogP contribution in [0.25, 0.3) is 0 Å². The number of nitrogens with one attached hydrogen (secondary N) is 1. The molecule has 5 nitrogen and oxygen atoms in total. The molecule has 0 fully saturated rings. The second-order valence-corrected chi connectivity index (χ2v) is 7.43. The average molecular weight is 415 g/mol. The van der Waals surface area contributed by atoms with Gasteiger partial charge in [-0.25, -0.2) is 4.79 Å². The molecule has 5 heteroatoms. The van der Waals surface area contributed by atoms with Gasteiger partial charge in [0.2, 0.25) is 5.78 Å². The van der Waals surface area contributed by atoms with Crippen molar-refractivity contribution >= 4 is 17.7 Å². The van der Waals surface area contributed by atoms with Gasteiger partial charge in [0, 0.05) is 17.5 Å². The predicted octanol–water partition coefficient (Wildman–Crippen LogP) is 4.07. The third-order valence-corrected chi connectivity index (χ3v) is 4.94. The molecule has 158 valence electrons. The van der Waals surface area contributed by atoms with E-state index in [1.54, 1.807) is 30.3 Å². The Bertz CT molecular complexity index is 1060. The molecule has 1 amide bonds. The topological polar surface area (TPSA) is 72.5 Å². The zero-order valence-electron chi connectivity index (χ0n) is 17.6. The summed E-state index contributed by atoms with van der Waals surface area (Å²) in [7, 11) is 0. The van der Waals surface area contributed by atoms with Crippen LogP contribution in [0.3, 0.4) is 0 Å². The van der Waals surface area contributed by atoms with Crippen LogP contribution < -0.4 is 5.32 Å². The molecule has 0 aromatic heterocycles. The second kappa shape index (κ2) is 10.3. The van der Waals surface area contributed by atoms with Crippen LogP contribution in [-0.2, 0) is 16.0 Å². The fraction of sp³-hybridized carbons (Fsp3) is 0.192. The fourth-order valence-corrected chi connectivity index (χ4v) is 3.32. The Balaban J connectivity index is 1.70. The summed E-state index contributed by atoms with van der Waals surface area (Å²) in [4.78, 5) is 37.9. The molecule has 0 bridgehead atoms. The van der Waals surface area contributed by atoms with Gasteiger partial charge in [-0.3, -0.25) is 9.59 Å². The molecule has 0 saturated heterocycles. The van der Waals surface area contributed by atoms with Gasteiger partial charge >= 0.3 is 5.97 Å². The molecule has 0 aliphatic carbocycles. The number of amides is 1. The number of benzene rings is 3. The molecule has 0 radical (unpaired) electrons. The Morgan fingerprint density at radius 3 is 2.16 bits per heavy atom. The molecule has 0 aliphatic rings. The van der Waals surface area contributed by atoms with Crippen LogP contribution in [0, 0.1) is 13.8 Å². The van der Waals surface area contributed by atoms with Gasteiger partial charge in [0.15, 0.2) is 6.61 Å². The highest BCUT2D eigenvalue weighted by atomic mass is 16.5. The van der Waals surface area contributed by atoms with E-state index in [9.17, 15) is 14.4 Å². The zero-order chi connectivity index (χ0) is 22.2. The molecule has 3 aromatic rings. The molecule has 1 N–H and O–H groups in total. The number of Topliss-reactive ketones (excluding diaryl/α,β-unsaturated/α-hetero) is 1. The number of ether oxygens (including phenoxy) is 1. The third kappa shape index (κ3) is 6.12. The Morgan fingerprint density at radius 2 is 1.52 bits per heavy atom. The predicted molar refractivity (Wildman–Crippen MR) is 119 cm³/mol. The lowest BCUT2D eigenvalue weighted by Crippen LogP contribution is -2.43. The lowest BCUT2D eigenvalue weighted by molar-refractivity contribution is -0.144. The van der Waals surface area contributed by atoms with E-state index in [1.807, 2.05) is 62.4 Å². The standard InChI is InChI=1S/C26H25NO4/c1-18-13-14-22(19(2)15-18)24(28)17-31-26(30)23(16-20-9-5-3-6-10-20)27-25(29)21-11-7-4-8-12-21/h3-15,23H,16-17H2,1-2H3,(H,27,29)/t23-/m0/s1. The maximum absolute atomic E-state index is 12.8. The number of carbonyl (C=O) groups excluding carboxylic acids is 3. The van der Waals surface area contributed by atoms with Crippen molar-refractivity contribution < 1.29 is 19.1 Å². The maximum atomic E-state index is 12.8. The first-order valence-corrected chi connectivity index (χ1v) is 10.1. The van der Waals surface area contributed by atoms with E-state index in [0.29, 0.717) is 11.1 Å². The Morgan fingerprint density at radius 1 is 0.871 bits per heavy atom. The Kier molecular flexibility index (Phi) is 7.33. The average Bonchev–Trinajstić information content (AvgIpc) is 2.78. The van der Waals surface area contributed by atoms with Crippen molar-refractivity contribution in [2.24, 2.45) is 0 Å². The van der Waals surface area contributed by atoms with Crippen LogP contribution in [0.5, 0.6) is 0 Å². The molecule has 3 aromatic carbocycles. The van der Waals surface area contributed by atoms with Gasteiger partial charge in [0.1, 0.15) is 6.04 Å². The lowest BCUT2D eigenvalue weighted by Gasteiger charge is -2.18. The van der Waals surface area contributed by atoms with Crippen LogP contribution in [0.15, 0.2) is 78.9 Å². The van der Waals surface area contributed by atoms with E-state index in [0.717, 1.165) is 16.7 Å². The number of aryl methyl sites for hydroxylation is 2. The monoisotopic (exact) mass is 415 g/mol. The maximum Gasteiger partial charge on any atom is 0.329 e. The molecular weight excluding hydrogens is 390 g/mol. The van der Waals surface area contributed by atoms with Crippen LogP contribution in [0.4, 0.5) is 0 Å². The van der Waals surface area contributed by atoms with Gasteiger partial charge in [0.05, 0.1) is 0 Å². The summed E-state index contributed by atoms with van der Waals surface area (Å²) in [6.45, 7) is 3.42. The van der Waals surface area contributed by atoms with Crippen molar-refractivity contribution in [3.05, 3.63) is 107 Å². The molecular formula is C26H25NO4. The number of hydrogen-bond acceptors (Lipinski definition) is 4. The van der Waals surface area contributed by atoms with Crippen molar-refractivity contribution in [3.63, 3.8) is 0 Å². The lowest BCUT2D eigenvalue weighted by atomic mass is 10.0. The van der Waals surface area contributed by atoms with Crippen molar-refractivity contribution in [1.82, 2.24) is 5.32 Å². The summed E-state index contributed by atoms with van der Waals surface area (Å²) in [6, 6.07) is 22.6. The molecule has 0 spiro atoms. The largest absolute Gasteiger partial charge is 0.456 e. The first kappa shape index (κ1) is 22.0. The van der Waals surface area contributed by atoms with Crippen molar-refractivity contribution in [1.29, 1.82) is 0 Å². The molecule has 0 heterocycles. The van der Waals surface area contributed by atoms with Crippen LogP contribution >= 0.6 is 0 Å². The normalized spacial score (nSPS) is 11.4. The van der Waals surface area contributed by atoms with Gasteiger partial charge in [-0.2, -0.15) is 0 Å². The number of carbonyl (C=O) groups is 3. The van der Waals surface area contributed by atoms with Crippen molar-refractivity contribution in [2.45, 2.75) is 26.3 Å². The van der Waals surface area contributed by atoms with E-state index >= 15 is 0 Å². The van der Waals surface area contributed by atoms with E-state index in [4.69, 9.17) is 4.74 Å². The SMILES string of the molecule is Cc1ccc(C(=O)COC(=O)[C@H](Cc2ccccc2)NC(=O)c2ccccc2)c(C)c1. The number of ketones is 1. The summed E-state index contributed by atoms with van der Waals surface area (Å²) >= 11 is 0. The zero-order valence-corrected chi connectivity index (χ0v) is 17.6. The highest BCUT2D eigenvalue weighted by Crippen LogP contribution is 2.12. The van der Waals surface area contributed by atoms with Crippen molar-refractivity contribution in [2.75, 3.05) is 6.61 Å². The molecule has 0 aliphatic heterocycles. The van der Waals surface area contributed by atoms with Gasteiger partial charge in [-0.1, -0.05) is 72.3 Å². The second-order valence-electron chi connectivity index (χ2n) is 7.43. The third-order valence-electron chi connectivity index (χ3n) is 4.94. The number of hydrogen-bond donors (Lipinski definition) is 1. The minimum Gasteiger partial charge on any atom is -0.456 e. The molecule has 3 rings (SSSR count). The molecule has 0 unspecified atom stereocenters. The minimum atomic E-state index is -0.915. The number of rotatable bonds is 8. The molecule has 31 heavy (non-hydrogen) atoms. The minimum absolute atomic E-state index is 0.260. The summed E-state index contributed by atoms with van der Waals surface area (Å²) < 4.78 is 5.31. The summed E-state index contributed by atoms with van der Waals surface area (Å²) in [5, 5.41) is 2.74. The smallest absolute Gasteiger partial charge is 0.329 e. The number of esters is 1. The van der Waals surface area contributed by atoms with E-state index in [1.165, 1.54) is 0 Å². The molecule has 0 saturated carbocycles. The summed E-state index contributed by atoms with van der Waals surface area (Å²) in [6.07, 6.45) is 0.260. The van der Waals surface area contributed by atoms with Crippen LogP contribution in [0.1, 0.15) is 37.4 Å². The van der Waals surface area contributed by atoms with E-state index in [-0.39, 0.29) is 24.7 Å². The van der Waals surface area contributed by atoms with E-state index in [2.05, 4.69) is 5.32 Å². The van der Waals surface area contributed by atoms with Crippen LogP contribution in [0.2, 0.25) is 0 Å². The quantitative estimate of drug-likeness (QED) is 0.445. The summed E-state index contributed by atoms with van der Waals surface area (Å²) in [5.41, 5.74) is 3.72. The first-order valence-electron chi connectivity index (χ1n) is 10.1. The first-order chi connectivity index (χ1) is 14.9.